The Morgan fingerprint density at radius 2 is 2.30 bits per heavy atom. The van der Waals surface area contributed by atoms with E-state index in [-0.39, 0.29) is 0 Å². The zero-order chi connectivity index (χ0) is 7.56. The Morgan fingerprint density at radius 3 is 2.70 bits per heavy atom. The fourth-order valence-electron chi connectivity index (χ4n) is 1.85. The van der Waals surface area contributed by atoms with Gasteiger partial charge in [0.1, 0.15) is 0 Å². The van der Waals surface area contributed by atoms with E-state index >= 15 is 0 Å². The van der Waals surface area contributed by atoms with Crippen LogP contribution in [0.15, 0.2) is 12.7 Å². The number of nitrogens with two attached hydrogens (primary N) is 1. The van der Waals surface area contributed by atoms with E-state index in [1.54, 1.807) is 0 Å². The summed E-state index contributed by atoms with van der Waals surface area (Å²) in [6.45, 7) is 6.00. The third kappa shape index (κ3) is 1.40. The first kappa shape index (κ1) is 7.80. The summed E-state index contributed by atoms with van der Waals surface area (Å²) in [7, 11) is 0. The third-order valence-corrected chi connectivity index (χ3v) is 2.67. The van der Waals surface area contributed by atoms with Gasteiger partial charge in [0.05, 0.1) is 0 Å². The molecule has 1 rings (SSSR count). The van der Waals surface area contributed by atoms with Gasteiger partial charge in [0.25, 0.3) is 0 Å². The highest BCUT2D eigenvalue weighted by Gasteiger charge is 2.26. The van der Waals surface area contributed by atoms with Gasteiger partial charge in [-0.2, -0.15) is 0 Å². The van der Waals surface area contributed by atoms with E-state index in [9.17, 15) is 0 Å². The molecule has 3 atom stereocenters. The lowest BCUT2D eigenvalue weighted by Gasteiger charge is -2.19. The first-order valence-electron chi connectivity index (χ1n) is 4.14. The molecule has 0 radical (unpaired) electrons. The Kier molecular flexibility index (Phi) is 2.50. The van der Waals surface area contributed by atoms with Gasteiger partial charge in [-0.05, 0) is 24.7 Å². The van der Waals surface area contributed by atoms with Crippen molar-refractivity contribution in [2.24, 2.45) is 17.6 Å². The highest BCUT2D eigenvalue weighted by atomic mass is 14.7. The molecule has 10 heavy (non-hydrogen) atoms. The number of allylic oxidation sites excluding steroid dienone is 1. The van der Waals surface area contributed by atoms with E-state index in [2.05, 4.69) is 13.5 Å². The molecule has 1 fully saturated rings. The molecule has 1 saturated carbocycles. The van der Waals surface area contributed by atoms with Crippen LogP contribution >= 0.6 is 0 Å². The highest BCUT2D eigenvalue weighted by molar-refractivity contribution is 4.90. The lowest BCUT2D eigenvalue weighted by atomic mass is 9.90. The van der Waals surface area contributed by atoms with Crippen LogP contribution in [0.5, 0.6) is 0 Å². The van der Waals surface area contributed by atoms with Crippen molar-refractivity contribution < 1.29 is 0 Å². The lowest BCUT2D eigenvalue weighted by Crippen LogP contribution is -2.28. The molecule has 1 nitrogen and oxygen atoms in total. The normalized spacial score (nSPS) is 35.8. The van der Waals surface area contributed by atoms with Crippen molar-refractivity contribution in [2.45, 2.75) is 32.2 Å². The van der Waals surface area contributed by atoms with Crippen LogP contribution < -0.4 is 5.73 Å². The average Bonchev–Trinajstić information content (AvgIpc) is 2.34. The molecule has 0 spiro atoms. The van der Waals surface area contributed by atoms with Crippen molar-refractivity contribution in [1.82, 2.24) is 0 Å². The summed E-state index contributed by atoms with van der Waals surface area (Å²) in [5.74, 6) is 1.31. The molecule has 0 amide bonds. The lowest BCUT2D eigenvalue weighted by molar-refractivity contribution is 0.389. The molecule has 2 N–H and O–H groups in total. The minimum absolute atomic E-state index is 0.438. The van der Waals surface area contributed by atoms with E-state index in [1.807, 2.05) is 6.08 Å². The van der Waals surface area contributed by atoms with Gasteiger partial charge in [0, 0.05) is 6.04 Å². The summed E-state index contributed by atoms with van der Waals surface area (Å²) >= 11 is 0. The predicted octanol–water partition coefficient (Wildman–Crippen LogP) is 1.94. The fraction of sp³-hybridized carbons (Fsp3) is 0.778. The van der Waals surface area contributed by atoms with Crippen LogP contribution in [0.1, 0.15) is 26.2 Å². The van der Waals surface area contributed by atoms with Crippen molar-refractivity contribution >= 4 is 0 Å². The maximum absolute atomic E-state index is 5.91. The van der Waals surface area contributed by atoms with Crippen molar-refractivity contribution in [3.63, 3.8) is 0 Å². The molecule has 1 heteroatoms. The van der Waals surface area contributed by atoms with E-state index in [4.69, 9.17) is 5.73 Å². The van der Waals surface area contributed by atoms with Gasteiger partial charge in [-0.3, -0.25) is 0 Å². The van der Waals surface area contributed by atoms with Gasteiger partial charge < -0.3 is 5.73 Å². The second kappa shape index (κ2) is 3.20. The summed E-state index contributed by atoms with van der Waals surface area (Å²) in [6, 6.07) is 0.438. The minimum atomic E-state index is 0.438. The van der Waals surface area contributed by atoms with Gasteiger partial charge in [0.15, 0.2) is 0 Å². The Morgan fingerprint density at radius 1 is 1.60 bits per heavy atom. The van der Waals surface area contributed by atoms with Crippen molar-refractivity contribution in [2.75, 3.05) is 0 Å². The quantitative estimate of drug-likeness (QED) is 0.581. The largest absolute Gasteiger partial charge is 0.327 e. The van der Waals surface area contributed by atoms with Gasteiger partial charge in [-0.1, -0.05) is 19.4 Å². The summed E-state index contributed by atoms with van der Waals surface area (Å²) in [5.41, 5.74) is 5.91. The predicted molar refractivity (Wildman–Crippen MR) is 44.7 cm³/mol. The Labute approximate surface area is 63.3 Å². The maximum Gasteiger partial charge on any atom is 0.00726 e. The zero-order valence-corrected chi connectivity index (χ0v) is 6.72. The number of hydrogen-bond donors (Lipinski definition) is 1. The first-order valence-corrected chi connectivity index (χ1v) is 4.14. The molecule has 0 saturated heterocycles. The Bertz CT molecular complexity index is 120. The van der Waals surface area contributed by atoms with Crippen LogP contribution in [-0.4, -0.2) is 6.04 Å². The second-order valence-electron chi connectivity index (χ2n) is 3.35. The van der Waals surface area contributed by atoms with Crippen LogP contribution in [0, 0.1) is 11.8 Å². The molecule has 0 aromatic carbocycles. The first-order chi connectivity index (χ1) is 4.75. The zero-order valence-electron chi connectivity index (χ0n) is 6.72. The highest BCUT2D eigenvalue weighted by Crippen LogP contribution is 2.30. The monoisotopic (exact) mass is 139 g/mol. The fourth-order valence-corrected chi connectivity index (χ4v) is 1.85. The molecular weight excluding hydrogens is 122 g/mol. The number of rotatable bonds is 2. The van der Waals surface area contributed by atoms with Crippen LogP contribution in [0.3, 0.4) is 0 Å². The standard InChI is InChI=1S/C9H17N/c1-3-7(2)8-5-4-6-9(8)10/h3,7-9H,1,4-6,10H2,2H3/t7?,8-,9-/m1/s1. The maximum atomic E-state index is 5.91. The molecule has 0 bridgehead atoms. The molecule has 1 aliphatic rings. The smallest absolute Gasteiger partial charge is 0.00726 e. The third-order valence-electron chi connectivity index (χ3n) is 2.67. The Hall–Kier alpha value is -0.300. The molecule has 0 heterocycles. The van der Waals surface area contributed by atoms with Crippen LogP contribution in [0.25, 0.3) is 0 Å². The van der Waals surface area contributed by atoms with E-state index in [0.29, 0.717) is 17.9 Å². The topological polar surface area (TPSA) is 26.0 Å². The molecule has 0 aromatic heterocycles. The molecule has 58 valence electrons. The molecular formula is C9H17N. The van der Waals surface area contributed by atoms with Crippen LogP contribution in [-0.2, 0) is 0 Å². The van der Waals surface area contributed by atoms with Crippen LogP contribution in [0.2, 0.25) is 0 Å². The van der Waals surface area contributed by atoms with E-state index in [1.165, 1.54) is 19.3 Å². The van der Waals surface area contributed by atoms with Crippen molar-refractivity contribution in [3.8, 4) is 0 Å². The van der Waals surface area contributed by atoms with Gasteiger partial charge in [-0.25, -0.2) is 0 Å². The molecule has 0 aromatic rings. The summed E-state index contributed by atoms with van der Waals surface area (Å²) < 4.78 is 0. The Balaban J connectivity index is 2.46. The van der Waals surface area contributed by atoms with Gasteiger partial charge in [0.2, 0.25) is 0 Å². The molecule has 1 unspecified atom stereocenters. The van der Waals surface area contributed by atoms with E-state index < -0.39 is 0 Å². The van der Waals surface area contributed by atoms with Crippen molar-refractivity contribution in [3.05, 3.63) is 12.7 Å². The SMILES string of the molecule is C=CC(C)[C@H]1CCC[C@H]1N. The van der Waals surface area contributed by atoms with Crippen molar-refractivity contribution in [1.29, 1.82) is 0 Å². The number of hydrogen-bond acceptors (Lipinski definition) is 1. The summed E-state index contributed by atoms with van der Waals surface area (Å²) in [6.07, 6.45) is 5.84. The second-order valence-corrected chi connectivity index (χ2v) is 3.35. The van der Waals surface area contributed by atoms with Gasteiger partial charge >= 0.3 is 0 Å². The minimum Gasteiger partial charge on any atom is -0.327 e. The summed E-state index contributed by atoms with van der Waals surface area (Å²) in [4.78, 5) is 0. The summed E-state index contributed by atoms with van der Waals surface area (Å²) in [5, 5.41) is 0. The van der Waals surface area contributed by atoms with E-state index in [0.717, 1.165) is 0 Å². The molecule has 0 aliphatic heterocycles. The van der Waals surface area contributed by atoms with Gasteiger partial charge in [-0.15, -0.1) is 6.58 Å². The van der Waals surface area contributed by atoms with Crippen LogP contribution in [0.4, 0.5) is 0 Å². The average molecular weight is 139 g/mol. The molecule has 1 aliphatic carbocycles.